The summed E-state index contributed by atoms with van der Waals surface area (Å²) in [6.07, 6.45) is 2.78. The summed E-state index contributed by atoms with van der Waals surface area (Å²) in [5.41, 5.74) is 6.10. The highest BCUT2D eigenvalue weighted by Crippen LogP contribution is 2.04. The van der Waals surface area contributed by atoms with Crippen molar-refractivity contribution in [3.05, 3.63) is 17.6 Å². The van der Waals surface area contributed by atoms with E-state index in [1.54, 1.807) is 14.0 Å². The molecule has 0 aliphatic rings. The van der Waals surface area contributed by atoms with Crippen molar-refractivity contribution in [2.24, 2.45) is 4.99 Å². The lowest BCUT2D eigenvalue weighted by atomic mass is 10.4. The smallest absolute Gasteiger partial charge is 0.358 e. The third-order valence-corrected chi connectivity index (χ3v) is 1.57. The number of hydrogen-bond acceptors (Lipinski definition) is 6. The number of nitrogen functional groups attached to an aromatic ring is 1. The summed E-state index contributed by atoms with van der Waals surface area (Å²) >= 11 is 0. The molecule has 2 N–H and O–H groups in total. The second-order valence-corrected chi connectivity index (χ2v) is 2.63. The van der Waals surface area contributed by atoms with Crippen LogP contribution in [-0.2, 0) is 4.74 Å². The fourth-order valence-corrected chi connectivity index (χ4v) is 0.938. The maximum atomic E-state index is 11.3. The third-order valence-electron chi connectivity index (χ3n) is 1.57. The van der Waals surface area contributed by atoms with Gasteiger partial charge in [-0.3, -0.25) is 4.99 Å². The first kappa shape index (κ1) is 11.1. The summed E-state index contributed by atoms with van der Waals surface area (Å²) < 4.78 is 4.75. The van der Waals surface area contributed by atoms with E-state index in [-0.39, 0.29) is 11.5 Å². The lowest BCUT2D eigenvalue weighted by molar-refractivity contribution is 0.0519. The number of aromatic nitrogens is 2. The second-order valence-electron chi connectivity index (χ2n) is 2.63. The lowest BCUT2D eigenvalue weighted by Crippen LogP contribution is -2.11. The Morgan fingerprint density at radius 2 is 2.47 bits per heavy atom. The monoisotopic (exact) mass is 208 g/mol. The first-order chi connectivity index (χ1) is 7.19. The number of esters is 1. The van der Waals surface area contributed by atoms with Crippen molar-refractivity contribution in [3.8, 4) is 0 Å². The largest absolute Gasteiger partial charge is 0.461 e. The zero-order valence-electron chi connectivity index (χ0n) is 8.60. The topological polar surface area (TPSA) is 90.5 Å². The Labute approximate surface area is 87.2 Å². The van der Waals surface area contributed by atoms with Crippen LogP contribution in [0.1, 0.15) is 23.1 Å². The summed E-state index contributed by atoms with van der Waals surface area (Å²) in [6, 6.07) is 0. The van der Waals surface area contributed by atoms with Crippen LogP contribution in [0.15, 0.2) is 11.2 Å². The van der Waals surface area contributed by atoms with E-state index in [0.717, 1.165) is 0 Å². The van der Waals surface area contributed by atoms with Gasteiger partial charge in [0, 0.05) is 7.05 Å². The Morgan fingerprint density at radius 3 is 3.00 bits per heavy atom. The second kappa shape index (κ2) is 5.04. The molecule has 0 saturated carbocycles. The minimum absolute atomic E-state index is 0.0996. The van der Waals surface area contributed by atoms with Crippen LogP contribution in [0.5, 0.6) is 0 Å². The van der Waals surface area contributed by atoms with Crippen molar-refractivity contribution < 1.29 is 9.53 Å². The molecule has 0 aliphatic carbocycles. The summed E-state index contributed by atoms with van der Waals surface area (Å²) in [7, 11) is 1.60. The molecule has 0 aromatic carbocycles. The molecular weight excluding hydrogens is 196 g/mol. The van der Waals surface area contributed by atoms with E-state index in [2.05, 4.69) is 15.0 Å². The molecule has 1 aromatic heterocycles. The molecule has 0 unspecified atom stereocenters. The molecule has 1 heterocycles. The van der Waals surface area contributed by atoms with Gasteiger partial charge in [0.15, 0.2) is 11.5 Å². The maximum Gasteiger partial charge on any atom is 0.358 e. The summed E-state index contributed by atoms with van der Waals surface area (Å²) in [6.45, 7) is 2.01. The van der Waals surface area contributed by atoms with Gasteiger partial charge in [0.2, 0.25) is 0 Å². The maximum absolute atomic E-state index is 11.3. The molecule has 0 spiro atoms. The quantitative estimate of drug-likeness (QED) is 0.569. The number of hydrogen-bond donors (Lipinski definition) is 1. The van der Waals surface area contributed by atoms with Gasteiger partial charge in [0.1, 0.15) is 5.69 Å². The van der Waals surface area contributed by atoms with Crippen LogP contribution in [-0.4, -0.2) is 35.8 Å². The predicted octanol–water partition coefficient (Wildman–Crippen LogP) is 0.284. The van der Waals surface area contributed by atoms with Crippen LogP contribution in [0.25, 0.3) is 0 Å². The van der Waals surface area contributed by atoms with E-state index in [1.165, 1.54) is 12.4 Å². The Hall–Kier alpha value is -1.98. The Morgan fingerprint density at radius 1 is 1.73 bits per heavy atom. The first-order valence-electron chi connectivity index (χ1n) is 4.40. The molecule has 1 rings (SSSR count). The highest BCUT2D eigenvalue weighted by molar-refractivity contribution is 5.89. The lowest BCUT2D eigenvalue weighted by Gasteiger charge is -2.02. The molecule has 0 radical (unpaired) electrons. The van der Waals surface area contributed by atoms with Crippen LogP contribution in [0.3, 0.4) is 0 Å². The SMILES string of the molecule is CCOC(=O)c1cnc(/C=N\C)c(N)n1. The van der Waals surface area contributed by atoms with Crippen molar-refractivity contribution in [1.29, 1.82) is 0 Å². The minimum Gasteiger partial charge on any atom is -0.461 e. The minimum atomic E-state index is -0.531. The number of carbonyl (C=O) groups is 1. The van der Waals surface area contributed by atoms with Gasteiger partial charge in [0.05, 0.1) is 19.0 Å². The van der Waals surface area contributed by atoms with Crippen molar-refractivity contribution in [2.45, 2.75) is 6.92 Å². The van der Waals surface area contributed by atoms with Crippen LogP contribution in [0.4, 0.5) is 5.82 Å². The van der Waals surface area contributed by atoms with Gasteiger partial charge in [-0.05, 0) is 6.92 Å². The van der Waals surface area contributed by atoms with E-state index in [9.17, 15) is 4.79 Å². The molecule has 80 valence electrons. The molecule has 0 atom stereocenters. The summed E-state index contributed by atoms with van der Waals surface area (Å²) in [5.74, 6) is -0.372. The van der Waals surface area contributed by atoms with E-state index >= 15 is 0 Å². The number of nitrogens with zero attached hydrogens (tertiary/aromatic N) is 3. The van der Waals surface area contributed by atoms with E-state index < -0.39 is 5.97 Å². The van der Waals surface area contributed by atoms with Gasteiger partial charge in [-0.1, -0.05) is 0 Å². The number of carbonyl (C=O) groups excluding carboxylic acids is 1. The Balaban J connectivity index is 2.95. The predicted molar refractivity (Wildman–Crippen MR) is 55.9 cm³/mol. The average Bonchev–Trinajstić information content (AvgIpc) is 2.21. The van der Waals surface area contributed by atoms with Gasteiger partial charge >= 0.3 is 5.97 Å². The normalized spacial score (nSPS) is 10.5. The highest BCUT2D eigenvalue weighted by atomic mass is 16.5. The molecule has 6 nitrogen and oxygen atoms in total. The standard InChI is InChI=1S/C9H12N4O2/c1-3-15-9(14)7-5-12-6(4-11-2)8(10)13-7/h4-5H,3H2,1-2H3,(H2,10,13)/b11-4-. The Kier molecular flexibility index (Phi) is 3.73. The van der Waals surface area contributed by atoms with Gasteiger partial charge in [-0.2, -0.15) is 0 Å². The van der Waals surface area contributed by atoms with Crippen molar-refractivity contribution in [2.75, 3.05) is 19.4 Å². The molecule has 1 aromatic rings. The molecule has 0 fully saturated rings. The third kappa shape index (κ3) is 2.73. The van der Waals surface area contributed by atoms with Crippen LogP contribution in [0, 0.1) is 0 Å². The fourth-order valence-electron chi connectivity index (χ4n) is 0.938. The molecule has 0 aliphatic heterocycles. The zero-order valence-corrected chi connectivity index (χ0v) is 8.60. The number of anilines is 1. The van der Waals surface area contributed by atoms with Crippen molar-refractivity contribution in [1.82, 2.24) is 9.97 Å². The highest BCUT2D eigenvalue weighted by Gasteiger charge is 2.10. The van der Waals surface area contributed by atoms with Crippen LogP contribution < -0.4 is 5.73 Å². The summed E-state index contributed by atoms with van der Waals surface area (Å²) in [5, 5.41) is 0. The van der Waals surface area contributed by atoms with E-state index in [0.29, 0.717) is 12.3 Å². The van der Waals surface area contributed by atoms with E-state index in [4.69, 9.17) is 10.5 Å². The molecule has 0 saturated heterocycles. The number of nitrogens with two attached hydrogens (primary N) is 1. The van der Waals surface area contributed by atoms with Gasteiger partial charge in [0.25, 0.3) is 0 Å². The Bertz CT molecular complexity index is 390. The van der Waals surface area contributed by atoms with Gasteiger partial charge < -0.3 is 10.5 Å². The van der Waals surface area contributed by atoms with Crippen molar-refractivity contribution in [3.63, 3.8) is 0 Å². The number of ether oxygens (including phenoxy) is 1. The van der Waals surface area contributed by atoms with Crippen molar-refractivity contribution >= 4 is 18.0 Å². The first-order valence-corrected chi connectivity index (χ1v) is 4.40. The van der Waals surface area contributed by atoms with E-state index in [1.807, 2.05) is 0 Å². The number of rotatable bonds is 3. The van der Waals surface area contributed by atoms with Crippen LogP contribution >= 0.6 is 0 Å². The molecule has 0 bridgehead atoms. The average molecular weight is 208 g/mol. The molecular formula is C9H12N4O2. The molecule has 0 amide bonds. The van der Waals surface area contributed by atoms with Crippen LogP contribution in [0.2, 0.25) is 0 Å². The zero-order chi connectivity index (χ0) is 11.3. The summed E-state index contributed by atoms with van der Waals surface area (Å²) in [4.78, 5) is 22.8. The fraction of sp³-hybridized carbons (Fsp3) is 0.333. The van der Waals surface area contributed by atoms with Gasteiger partial charge in [-0.25, -0.2) is 14.8 Å². The van der Waals surface area contributed by atoms with Gasteiger partial charge in [-0.15, -0.1) is 0 Å². The molecule has 15 heavy (non-hydrogen) atoms. The molecule has 6 heteroatoms. The number of aliphatic imine (C=N–C) groups is 1.